The molecule has 22 heavy (non-hydrogen) atoms. The van der Waals surface area contributed by atoms with E-state index in [9.17, 15) is 0 Å². The number of ether oxygens (including phenoxy) is 1. The zero-order valence-corrected chi connectivity index (χ0v) is 13.4. The molecule has 0 atom stereocenters. The lowest BCUT2D eigenvalue weighted by atomic mass is 10.2. The second-order valence-electron chi connectivity index (χ2n) is 4.84. The van der Waals surface area contributed by atoms with E-state index in [0.29, 0.717) is 24.9 Å². The topological polar surface area (TPSA) is 71.7 Å². The molecular formula is C16H22N4O2. The largest absolute Gasteiger partial charge is 0.496 e. The van der Waals surface area contributed by atoms with Crippen LogP contribution in [0.3, 0.4) is 0 Å². The van der Waals surface area contributed by atoms with Crippen LogP contribution in [0.1, 0.15) is 22.9 Å². The molecule has 0 spiro atoms. The van der Waals surface area contributed by atoms with Crippen molar-refractivity contribution < 1.29 is 9.15 Å². The number of methoxy groups -OCH3 is 1. The van der Waals surface area contributed by atoms with Crippen LogP contribution < -0.4 is 15.4 Å². The third kappa shape index (κ3) is 4.00. The first-order valence-electron chi connectivity index (χ1n) is 7.13. The molecule has 0 aliphatic carbocycles. The van der Waals surface area contributed by atoms with Crippen molar-refractivity contribution in [3.63, 3.8) is 0 Å². The second kappa shape index (κ2) is 7.49. The van der Waals surface area contributed by atoms with Crippen molar-refractivity contribution in [2.45, 2.75) is 26.9 Å². The van der Waals surface area contributed by atoms with Crippen LogP contribution in [0.15, 0.2) is 33.7 Å². The molecule has 2 aromatic rings. The minimum absolute atomic E-state index is 0.486. The summed E-state index contributed by atoms with van der Waals surface area (Å²) in [6.45, 7) is 4.94. The number of hydrogen-bond donors (Lipinski definition) is 2. The summed E-state index contributed by atoms with van der Waals surface area (Å²) in [7, 11) is 3.39. The van der Waals surface area contributed by atoms with E-state index in [4.69, 9.17) is 9.15 Å². The SMILES string of the molecule is CN=C(NCc1nc(C)c(C)o1)NCc1ccccc1OC. The number of benzene rings is 1. The van der Waals surface area contributed by atoms with Crippen LogP contribution in [0.25, 0.3) is 0 Å². The van der Waals surface area contributed by atoms with Crippen LogP contribution in [-0.2, 0) is 13.1 Å². The second-order valence-corrected chi connectivity index (χ2v) is 4.84. The number of aryl methyl sites for hydroxylation is 2. The van der Waals surface area contributed by atoms with E-state index in [0.717, 1.165) is 22.8 Å². The van der Waals surface area contributed by atoms with Crippen LogP contribution in [0.5, 0.6) is 5.75 Å². The van der Waals surface area contributed by atoms with Crippen molar-refractivity contribution in [1.82, 2.24) is 15.6 Å². The Kier molecular flexibility index (Phi) is 5.41. The first kappa shape index (κ1) is 15.9. The van der Waals surface area contributed by atoms with Gasteiger partial charge in [-0.15, -0.1) is 0 Å². The fraction of sp³-hybridized carbons (Fsp3) is 0.375. The van der Waals surface area contributed by atoms with Gasteiger partial charge in [0.05, 0.1) is 19.3 Å². The number of aliphatic imine (C=N–C) groups is 1. The van der Waals surface area contributed by atoms with E-state index in [-0.39, 0.29) is 0 Å². The Morgan fingerprint density at radius 2 is 1.95 bits per heavy atom. The van der Waals surface area contributed by atoms with Gasteiger partial charge in [-0.05, 0) is 19.9 Å². The smallest absolute Gasteiger partial charge is 0.214 e. The highest BCUT2D eigenvalue weighted by molar-refractivity contribution is 5.79. The summed E-state index contributed by atoms with van der Waals surface area (Å²) in [5.74, 6) is 3.02. The lowest BCUT2D eigenvalue weighted by Crippen LogP contribution is -2.36. The number of nitrogens with zero attached hydrogens (tertiary/aromatic N) is 2. The number of para-hydroxylation sites is 1. The van der Waals surface area contributed by atoms with Crippen LogP contribution in [0.4, 0.5) is 0 Å². The van der Waals surface area contributed by atoms with E-state index in [1.807, 2.05) is 38.1 Å². The molecule has 1 aromatic heterocycles. The Bertz CT molecular complexity index is 630. The Morgan fingerprint density at radius 3 is 2.59 bits per heavy atom. The Balaban J connectivity index is 1.90. The molecule has 0 saturated carbocycles. The molecule has 0 aliphatic rings. The molecule has 2 rings (SSSR count). The number of oxazole rings is 1. The van der Waals surface area contributed by atoms with E-state index in [2.05, 4.69) is 20.6 Å². The Labute approximate surface area is 130 Å². The van der Waals surface area contributed by atoms with Crippen LogP contribution in [0, 0.1) is 13.8 Å². The van der Waals surface area contributed by atoms with Crippen molar-refractivity contribution in [2.75, 3.05) is 14.2 Å². The molecule has 6 nitrogen and oxygen atoms in total. The molecule has 118 valence electrons. The summed E-state index contributed by atoms with van der Waals surface area (Å²) in [6.07, 6.45) is 0. The average Bonchev–Trinajstić information content (AvgIpc) is 2.86. The number of rotatable bonds is 5. The molecule has 0 amide bonds. The quantitative estimate of drug-likeness (QED) is 0.654. The van der Waals surface area contributed by atoms with Gasteiger partial charge in [-0.3, -0.25) is 4.99 Å². The summed E-state index contributed by atoms with van der Waals surface area (Å²) in [6, 6.07) is 7.88. The van der Waals surface area contributed by atoms with Gasteiger partial charge in [-0.1, -0.05) is 18.2 Å². The van der Waals surface area contributed by atoms with Crippen LogP contribution in [0.2, 0.25) is 0 Å². The lowest BCUT2D eigenvalue weighted by molar-refractivity contribution is 0.409. The number of aromatic nitrogens is 1. The highest BCUT2D eigenvalue weighted by atomic mass is 16.5. The Morgan fingerprint density at radius 1 is 1.23 bits per heavy atom. The third-order valence-electron chi connectivity index (χ3n) is 3.34. The molecule has 0 fully saturated rings. The molecule has 1 aromatic carbocycles. The first-order chi connectivity index (χ1) is 10.6. The van der Waals surface area contributed by atoms with Crippen molar-refractivity contribution >= 4 is 5.96 Å². The molecule has 1 heterocycles. The van der Waals surface area contributed by atoms with Gasteiger partial charge >= 0.3 is 0 Å². The van der Waals surface area contributed by atoms with Gasteiger partial charge in [0, 0.05) is 19.2 Å². The van der Waals surface area contributed by atoms with Gasteiger partial charge in [0.1, 0.15) is 11.5 Å². The van der Waals surface area contributed by atoms with E-state index < -0.39 is 0 Å². The molecular weight excluding hydrogens is 280 g/mol. The molecule has 2 N–H and O–H groups in total. The van der Waals surface area contributed by atoms with Crippen molar-refractivity contribution in [3.05, 3.63) is 47.2 Å². The predicted molar refractivity (Wildman–Crippen MR) is 86.0 cm³/mol. The molecule has 0 saturated heterocycles. The highest BCUT2D eigenvalue weighted by Gasteiger charge is 2.07. The van der Waals surface area contributed by atoms with Gasteiger partial charge in [0.15, 0.2) is 5.96 Å². The maximum Gasteiger partial charge on any atom is 0.214 e. The van der Waals surface area contributed by atoms with E-state index >= 15 is 0 Å². The fourth-order valence-corrected chi connectivity index (χ4v) is 2.02. The number of hydrogen-bond acceptors (Lipinski definition) is 4. The van der Waals surface area contributed by atoms with Crippen molar-refractivity contribution in [1.29, 1.82) is 0 Å². The Hall–Kier alpha value is -2.50. The highest BCUT2D eigenvalue weighted by Crippen LogP contribution is 2.16. The third-order valence-corrected chi connectivity index (χ3v) is 3.34. The molecule has 0 aliphatic heterocycles. The minimum atomic E-state index is 0.486. The average molecular weight is 302 g/mol. The predicted octanol–water partition coefficient (Wildman–Crippen LogP) is 2.17. The monoisotopic (exact) mass is 302 g/mol. The molecule has 0 unspecified atom stereocenters. The summed E-state index contributed by atoms with van der Waals surface area (Å²) in [5.41, 5.74) is 1.98. The minimum Gasteiger partial charge on any atom is -0.496 e. The number of guanidine groups is 1. The van der Waals surface area contributed by atoms with Crippen LogP contribution in [-0.4, -0.2) is 25.1 Å². The van der Waals surface area contributed by atoms with Gasteiger partial charge in [-0.25, -0.2) is 4.98 Å². The maximum absolute atomic E-state index is 5.53. The van der Waals surface area contributed by atoms with Gasteiger partial charge in [-0.2, -0.15) is 0 Å². The van der Waals surface area contributed by atoms with E-state index in [1.165, 1.54) is 0 Å². The molecule has 0 radical (unpaired) electrons. The summed E-state index contributed by atoms with van der Waals surface area (Å²) in [5, 5.41) is 6.42. The normalized spacial score (nSPS) is 11.4. The number of nitrogens with one attached hydrogen (secondary N) is 2. The van der Waals surface area contributed by atoms with Crippen molar-refractivity contribution in [2.24, 2.45) is 4.99 Å². The lowest BCUT2D eigenvalue weighted by Gasteiger charge is -2.12. The summed E-state index contributed by atoms with van der Waals surface area (Å²) in [4.78, 5) is 8.52. The van der Waals surface area contributed by atoms with Gasteiger partial charge < -0.3 is 19.8 Å². The maximum atomic E-state index is 5.53. The molecule has 0 bridgehead atoms. The first-order valence-corrected chi connectivity index (χ1v) is 7.13. The molecule has 6 heteroatoms. The summed E-state index contributed by atoms with van der Waals surface area (Å²) < 4.78 is 10.9. The van der Waals surface area contributed by atoms with Gasteiger partial charge in [0.25, 0.3) is 0 Å². The zero-order chi connectivity index (χ0) is 15.9. The fourth-order valence-electron chi connectivity index (χ4n) is 2.02. The van der Waals surface area contributed by atoms with E-state index in [1.54, 1.807) is 14.2 Å². The zero-order valence-electron chi connectivity index (χ0n) is 13.4. The summed E-state index contributed by atoms with van der Waals surface area (Å²) >= 11 is 0. The van der Waals surface area contributed by atoms with Gasteiger partial charge in [0.2, 0.25) is 5.89 Å². The van der Waals surface area contributed by atoms with Crippen molar-refractivity contribution in [3.8, 4) is 5.75 Å². The van der Waals surface area contributed by atoms with Crippen LogP contribution >= 0.6 is 0 Å². The standard InChI is InChI=1S/C16H22N4O2/c1-11-12(2)22-15(20-11)10-19-16(17-3)18-9-13-7-5-6-8-14(13)21-4/h5-8H,9-10H2,1-4H3,(H2,17,18,19).